The molecule has 14 heteroatoms. The number of nitrogens with zero attached hydrogens (tertiary/aromatic N) is 3. The Morgan fingerprint density at radius 3 is 2.71 bits per heavy atom. The molecule has 148 valence electrons. The van der Waals surface area contributed by atoms with Crippen molar-refractivity contribution in [2.45, 2.75) is 6.36 Å². The molecule has 1 aliphatic heterocycles. The van der Waals surface area contributed by atoms with E-state index in [4.69, 9.17) is 0 Å². The fourth-order valence-electron chi connectivity index (χ4n) is 1.83. The highest BCUT2D eigenvalue weighted by molar-refractivity contribution is 8.18. The third-order valence-electron chi connectivity index (χ3n) is 2.88. The second kappa shape index (κ2) is 8.51. The standard InChI is InChI=1S/C14H9F3N4O6S/c1-26-10(22)5-9-12(23)19-13(28-9)20-18-6-7-3-2-4-8(11(7)21(24)25)27-14(15,16)17/h2-6H,1H3,(H,19,20,23)/b9-5+,18-6?. The maximum Gasteiger partial charge on any atom is 0.573 e. The zero-order valence-corrected chi connectivity index (χ0v) is 14.5. The summed E-state index contributed by atoms with van der Waals surface area (Å²) in [5, 5.41) is 20.4. The summed E-state index contributed by atoms with van der Waals surface area (Å²) in [6.45, 7) is 0. The molecule has 1 heterocycles. The lowest BCUT2D eigenvalue weighted by molar-refractivity contribution is -0.388. The number of esters is 1. The number of methoxy groups -OCH3 is 1. The quantitative estimate of drug-likeness (QED) is 0.255. The highest BCUT2D eigenvalue weighted by Gasteiger charge is 2.35. The van der Waals surface area contributed by atoms with E-state index in [0.717, 1.165) is 49.4 Å². The third kappa shape index (κ3) is 5.54. The monoisotopic (exact) mass is 418 g/mol. The second-order valence-electron chi connectivity index (χ2n) is 4.74. The molecule has 0 unspecified atom stereocenters. The molecule has 1 saturated heterocycles. The molecular weight excluding hydrogens is 409 g/mol. The lowest BCUT2D eigenvalue weighted by Gasteiger charge is -2.09. The van der Waals surface area contributed by atoms with Crippen molar-refractivity contribution in [3.8, 4) is 5.75 Å². The predicted octanol–water partition coefficient (Wildman–Crippen LogP) is 2.10. The molecule has 0 aromatic heterocycles. The Morgan fingerprint density at radius 1 is 1.39 bits per heavy atom. The van der Waals surface area contributed by atoms with E-state index in [0.29, 0.717) is 0 Å². The predicted molar refractivity (Wildman–Crippen MR) is 90.6 cm³/mol. The van der Waals surface area contributed by atoms with E-state index in [1.54, 1.807) is 0 Å². The molecule has 0 bridgehead atoms. The van der Waals surface area contributed by atoms with Crippen LogP contribution in [0.2, 0.25) is 0 Å². The summed E-state index contributed by atoms with van der Waals surface area (Å²) in [6.07, 6.45) is -3.37. The van der Waals surface area contributed by atoms with Gasteiger partial charge in [0.05, 0.1) is 28.7 Å². The van der Waals surface area contributed by atoms with Gasteiger partial charge in [0.2, 0.25) is 5.75 Å². The van der Waals surface area contributed by atoms with Crippen LogP contribution in [0.25, 0.3) is 0 Å². The number of alkyl halides is 3. The molecule has 0 radical (unpaired) electrons. The van der Waals surface area contributed by atoms with Crippen LogP contribution in [0.3, 0.4) is 0 Å². The number of hydrogen-bond donors (Lipinski definition) is 1. The minimum absolute atomic E-state index is 0.0210. The first-order chi connectivity index (χ1) is 13.1. The lowest BCUT2D eigenvalue weighted by atomic mass is 10.2. The number of halogens is 3. The van der Waals surface area contributed by atoms with Crippen molar-refractivity contribution in [3.63, 3.8) is 0 Å². The zero-order valence-electron chi connectivity index (χ0n) is 13.7. The highest BCUT2D eigenvalue weighted by atomic mass is 32.2. The molecule has 1 aliphatic rings. The Hall–Kier alpha value is -3.42. The molecule has 10 nitrogen and oxygen atoms in total. The first kappa shape index (κ1) is 20.9. The van der Waals surface area contributed by atoms with Crippen molar-refractivity contribution in [2.24, 2.45) is 10.2 Å². The maximum atomic E-state index is 12.4. The van der Waals surface area contributed by atoms with Crippen LogP contribution in [0.5, 0.6) is 5.75 Å². The van der Waals surface area contributed by atoms with Crippen LogP contribution in [-0.4, -0.2) is 41.7 Å². The Kier molecular flexibility index (Phi) is 6.35. The molecule has 2 rings (SSSR count). The number of benzene rings is 1. The minimum Gasteiger partial charge on any atom is -0.466 e. The number of carbonyl (C=O) groups excluding carboxylic acids is 2. The summed E-state index contributed by atoms with van der Waals surface area (Å²) in [5.41, 5.74) is -1.27. The highest BCUT2D eigenvalue weighted by Crippen LogP contribution is 2.34. The fourth-order valence-corrected chi connectivity index (χ4v) is 2.57. The van der Waals surface area contributed by atoms with Gasteiger partial charge in [-0.25, -0.2) is 4.79 Å². The zero-order chi connectivity index (χ0) is 20.9. The van der Waals surface area contributed by atoms with Crippen molar-refractivity contribution in [1.29, 1.82) is 0 Å². The number of nitrogens with one attached hydrogen (secondary N) is 1. The average Bonchev–Trinajstić information content (AvgIpc) is 2.92. The van der Waals surface area contributed by atoms with Gasteiger partial charge in [-0.2, -0.15) is 5.10 Å². The summed E-state index contributed by atoms with van der Waals surface area (Å²) in [5.74, 6) is -2.42. The summed E-state index contributed by atoms with van der Waals surface area (Å²) < 4.78 is 45.2. The van der Waals surface area contributed by atoms with Crippen LogP contribution in [0.15, 0.2) is 39.4 Å². The molecular formula is C14H9F3N4O6S. The second-order valence-corrected chi connectivity index (χ2v) is 5.77. The van der Waals surface area contributed by atoms with Gasteiger partial charge in [-0.3, -0.25) is 20.2 Å². The number of para-hydroxylation sites is 1. The number of thioether (sulfide) groups is 1. The minimum atomic E-state index is -5.12. The van der Waals surface area contributed by atoms with E-state index in [-0.39, 0.29) is 15.6 Å². The Morgan fingerprint density at radius 2 is 2.11 bits per heavy atom. The van der Waals surface area contributed by atoms with Crippen molar-refractivity contribution >= 4 is 40.7 Å². The van der Waals surface area contributed by atoms with Crippen molar-refractivity contribution < 1.29 is 37.2 Å². The summed E-state index contributed by atoms with van der Waals surface area (Å²) in [4.78, 5) is 32.8. The van der Waals surface area contributed by atoms with E-state index in [9.17, 15) is 32.9 Å². The van der Waals surface area contributed by atoms with Crippen LogP contribution < -0.4 is 10.1 Å². The topological polar surface area (TPSA) is 132 Å². The van der Waals surface area contributed by atoms with Crippen LogP contribution in [0.4, 0.5) is 18.9 Å². The van der Waals surface area contributed by atoms with Crippen LogP contribution in [0, 0.1) is 10.1 Å². The number of nitro benzene ring substituents is 1. The van der Waals surface area contributed by atoms with E-state index in [2.05, 4.69) is 25.0 Å². The number of hydrogen-bond acceptors (Lipinski definition) is 9. The molecule has 1 aromatic rings. The van der Waals surface area contributed by atoms with Crippen LogP contribution in [-0.2, 0) is 14.3 Å². The van der Waals surface area contributed by atoms with Gasteiger partial charge in [0, 0.05) is 6.08 Å². The molecule has 1 N–H and O–H groups in total. The number of ether oxygens (including phenoxy) is 2. The van der Waals surface area contributed by atoms with Gasteiger partial charge in [0.1, 0.15) is 0 Å². The van der Waals surface area contributed by atoms with Crippen molar-refractivity contribution in [3.05, 3.63) is 44.9 Å². The van der Waals surface area contributed by atoms with Crippen LogP contribution in [0.1, 0.15) is 5.56 Å². The Labute approximate surface area is 158 Å². The maximum absolute atomic E-state index is 12.4. The number of carbonyl (C=O) groups is 2. The van der Waals surface area contributed by atoms with E-state index in [1.165, 1.54) is 0 Å². The fraction of sp³-hybridized carbons (Fsp3) is 0.143. The smallest absolute Gasteiger partial charge is 0.466 e. The normalized spacial score (nSPS) is 17.2. The molecule has 28 heavy (non-hydrogen) atoms. The number of rotatable bonds is 5. The molecule has 1 aromatic carbocycles. The van der Waals surface area contributed by atoms with Gasteiger partial charge in [0.25, 0.3) is 5.91 Å². The largest absolute Gasteiger partial charge is 0.573 e. The van der Waals surface area contributed by atoms with E-state index >= 15 is 0 Å². The number of nitro groups is 1. The third-order valence-corrected chi connectivity index (χ3v) is 3.79. The molecule has 1 amide bonds. The van der Waals surface area contributed by atoms with Crippen LogP contribution >= 0.6 is 11.8 Å². The summed E-state index contributed by atoms with van der Waals surface area (Å²) >= 11 is 0.748. The summed E-state index contributed by atoms with van der Waals surface area (Å²) in [7, 11) is 1.12. The number of amidine groups is 1. The van der Waals surface area contributed by atoms with Gasteiger partial charge in [-0.05, 0) is 23.9 Å². The number of amides is 1. The lowest BCUT2D eigenvalue weighted by Crippen LogP contribution is -2.19. The molecule has 0 atom stereocenters. The SMILES string of the molecule is COC(=O)/C=C1/S/C(=N\N=Cc2cccc(OC(F)(F)F)c2[N+](=O)[O-])NC1=O. The first-order valence-corrected chi connectivity index (χ1v) is 7.85. The molecule has 0 spiro atoms. The molecule has 1 fully saturated rings. The van der Waals surface area contributed by atoms with Crippen molar-refractivity contribution in [1.82, 2.24) is 5.32 Å². The van der Waals surface area contributed by atoms with Crippen molar-refractivity contribution in [2.75, 3.05) is 7.11 Å². The average molecular weight is 418 g/mol. The molecule has 0 aliphatic carbocycles. The summed E-state index contributed by atoms with van der Waals surface area (Å²) in [6, 6.07) is 3.02. The molecule has 0 saturated carbocycles. The van der Waals surface area contributed by atoms with Gasteiger partial charge in [-0.15, -0.1) is 18.3 Å². The first-order valence-electron chi connectivity index (χ1n) is 7.03. The van der Waals surface area contributed by atoms with Gasteiger partial charge in [-0.1, -0.05) is 6.07 Å². The van der Waals surface area contributed by atoms with E-state index < -0.39 is 34.6 Å². The van der Waals surface area contributed by atoms with Gasteiger partial charge >= 0.3 is 18.0 Å². The Bertz CT molecular complexity index is 913. The van der Waals surface area contributed by atoms with Gasteiger partial charge < -0.3 is 9.47 Å². The van der Waals surface area contributed by atoms with Gasteiger partial charge in [0.15, 0.2) is 5.17 Å². The van der Waals surface area contributed by atoms with E-state index in [1.807, 2.05) is 0 Å². The Balaban J connectivity index is 2.25.